The molecule has 1 amide bonds. The van der Waals surface area contributed by atoms with Gasteiger partial charge in [-0.05, 0) is 13.5 Å². The minimum atomic E-state index is -0.0363. The van der Waals surface area contributed by atoms with Gasteiger partial charge >= 0.3 is 0 Å². The lowest BCUT2D eigenvalue weighted by molar-refractivity contribution is 0.0602. The van der Waals surface area contributed by atoms with Crippen molar-refractivity contribution in [2.45, 2.75) is 13.8 Å². The molecule has 2 rings (SSSR count). The van der Waals surface area contributed by atoms with Crippen molar-refractivity contribution in [3.05, 3.63) is 17.5 Å². The van der Waals surface area contributed by atoms with Gasteiger partial charge in [0.15, 0.2) is 0 Å². The van der Waals surface area contributed by atoms with Gasteiger partial charge in [-0.25, -0.2) is 0 Å². The van der Waals surface area contributed by atoms with Crippen LogP contribution in [0.15, 0.2) is 10.7 Å². The van der Waals surface area contributed by atoms with Crippen LogP contribution in [0.5, 0.6) is 0 Å². The largest absolute Gasteiger partial charge is 0.351 e. The van der Waals surface area contributed by atoms with Crippen LogP contribution in [0.4, 0.5) is 0 Å². The lowest BCUT2D eigenvalue weighted by Gasteiger charge is -2.33. The van der Waals surface area contributed by atoms with Gasteiger partial charge in [0.1, 0.15) is 0 Å². The number of hydrogen-bond donors (Lipinski definition) is 0. The second-order valence-corrected chi connectivity index (χ2v) is 4.06. The molecule has 1 aromatic heterocycles. The lowest BCUT2D eigenvalue weighted by Crippen LogP contribution is -2.48. The van der Waals surface area contributed by atoms with E-state index in [1.807, 2.05) is 11.8 Å². The summed E-state index contributed by atoms with van der Waals surface area (Å²) in [6.07, 6.45) is 1.58. The normalized spacial score (nSPS) is 17.8. The molecule has 0 saturated carbocycles. The van der Waals surface area contributed by atoms with E-state index in [4.69, 9.17) is 4.52 Å². The smallest absolute Gasteiger partial charge is 0.292 e. The molecule has 2 heterocycles. The quantitative estimate of drug-likeness (QED) is 0.742. The molecule has 1 aromatic rings. The number of aromatic nitrogens is 1. The Morgan fingerprint density at radius 1 is 1.44 bits per heavy atom. The zero-order valence-electron chi connectivity index (χ0n) is 9.77. The molecule has 5 heteroatoms. The first-order chi connectivity index (χ1) is 7.72. The van der Waals surface area contributed by atoms with E-state index in [0.29, 0.717) is 5.76 Å². The fourth-order valence-corrected chi connectivity index (χ4v) is 1.91. The summed E-state index contributed by atoms with van der Waals surface area (Å²) in [5, 5.41) is 3.64. The molecule has 1 fully saturated rings. The second-order valence-electron chi connectivity index (χ2n) is 4.06. The number of carbonyl (C=O) groups excluding carboxylic acids is 1. The van der Waals surface area contributed by atoms with Crippen molar-refractivity contribution in [3.63, 3.8) is 0 Å². The van der Waals surface area contributed by atoms with E-state index in [-0.39, 0.29) is 5.91 Å². The fourth-order valence-electron chi connectivity index (χ4n) is 1.91. The topological polar surface area (TPSA) is 49.6 Å². The van der Waals surface area contributed by atoms with E-state index in [2.05, 4.69) is 17.0 Å². The van der Waals surface area contributed by atoms with Crippen molar-refractivity contribution in [1.29, 1.82) is 0 Å². The Balaban J connectivity index is 2.00. The van der Waals surface area contributed by atoms with Crippen molar-refractivity contribution >= 4 is 5.91 Å². The summed E-state index contributed by atoms with van der Waals surface area (Å²) in [6.45, 7) is 8.44. The Kier molecular flexibility index (Phi) is 3.24. The lowest BCUT2D eigenvalue weighted by atomic mass is 10.2. The molecule has 1 saturated heterocycles. The Labute approximate surface area is 95.0 Å². The van der Waals surface area contributed by atoms with Gasteiger partial charge < -0.3 is 14.3 Å². The molecule has 1 aliphatic rings. The maximum Gasteiger partial charge on any atom is 0.292 e. The predicted octanol–water partition coefficient (Wildman–Crippen LogP) is 0.761. The zero-order valence-corrected chi connectivity index (χ0v) is 9.77. The molecule has 0 unspecified atom stereocenters. The third-order valence-electron chi connectivity index (χ3n) is 3.05. The number of rotatable bonds is 2. The molecular weight excluding hydrogens is 206 g/mol. The third kappa shape index (κ3) is 2.09. The molecule has 16 heavy (non-hydrogen) atoms. The van der Waals surface area contributed by atoms with Gasteiger partial charge in [-0.3, -0.25) is 4.79 Å². The highest BCUT2D eigenvalue weighted by molar-refractivity contribution is 5.92. The molecule has 0 bridgehead atoms. The highest BCUT2D eigenvalue weighted by atomic mass is 16.5. The summed E-state index contributed by atoms with van der Waals surface area (Å²) in [4.78, 5) is 16.2. The molecule has 5 nitrogen and oxygen atoms in total. The van der Waals surface area contributed by atoms with Crippen molar-refractivity contribution in [2.24, 2.45) is 0 Å². The average molecular weight is 223 g/mol. The minimum Gasteiger partial charge on any atom is -0.351 e. The molecule has 0 N–H and O–H groups in total. The third-order valence-corrected chi connectivity index (χ3v) is 3.05. The Morgan fingerprint density at radius 2 is 2.12 bits per heavy atom. The Bertz CT molecular complexity index is 367. The van der Waals surface area contributed by atoms with E-state index >= 15 is 0 Å². The van der Waals surface area contributed by atoms with E-state index < -0.39 is 0 Å². The maximum atomic E-state index is 12.1. The summed E-state index contributed by atoms with van der Waals surface area (Å²) >= 11 is 0. The van der Waals surface area contributed by atoms with E-state index in [9.17, 15) is 4.79 Å². The van der Waals surface area contributed by atoms with Crippen LogP contribution in [0, 0.1) is 6.92 Å². The summed E-state index contributed by atoms with van der Waals surface area (Å²) in [5.74, 6) is 0.343. The number of aryl methyl sites for hydroxylation is 1. The van der Waals surface area contributed by atoms with Crippen molar-refractivity contribution in [2.75, 3.05) is 32.7 Å². The molecule has 0 radical (unpaired) electrons. The van der Waals surface area contributed by atoms with Crippen LogP contribution in [-0.2, 0) is 0 Å². The maximum absolute atomic E-state index is 12.1. The zero-order chi connectivity index (χ0) is 11.5. The average Bonchev–Trinajstić information content (AvgIpc) is 2.75. The van der Waals surface area contributed by atoms with Gasteiger partial charge in [0, 0.05) is 31.7 Å². The van der Waals surface area contributed by atoms with Gasteiger partial charge in [-0.1, -0.05) is 12.1 Å². The van der Waals surface area contributed by atoms with Gasteiger partial charge in [0.05, 0.1) is 6.20 Å². The van der Waals surface area contributed by atoms with Crippen molar-refractivity contribution < 1.29 is 9.32 Å². The molecule has 88 valence electrons. The standard InChI is InChI=1S/C11H17N3O2/c1-3-13-4-6-14(7-5-13)11(15)10-9(2)8-12-16-10/h8H,3-7H2,1-2H3. The summed E-state index contributed by atoms with van der Waals surface area (Å²) in [6, 6.07) is 0. The summed E-state index contributed by atoms with van der Waals surface area (Å²) in [5.41, 5.74) is 0.808. The monoisotopic (exact) mass is 223 g/mol. The molecular formula is C11H17N3O2. The number of carbonyl (C=O) groups is 1. The molecule has 0 aliphatic carbocycles. The number of amides is 1. The number of nitrogens with zero attached hydrogens (tertiary/aromatic N) is 3. The predicted molar refractivity (Wildman–Crippen MR) is 59.3 cm³/mol. The first-order valence-electron chi connectivity index (χ1n) is 5.65. The number of piperazine rings is 1. The van der Waals surface area contributed by atoms with E-state index in [1.54, 1.807) is 6.20 Å². The van der Waals surface area contributed by atoms with Gasteiger partial charge in [0.25, 0.3) is 5.91 Å². The van der Waals surface area contributed by atoms with Crippen molar-refractivity contribution in [1.82, 2.24) is 15.0 Å². The number of likely N-dealkylation sites (N-methyl/N-ethyl adjacent to an activating group) is 1. The minimum absolute atomic E-state index is 0.0363. The Hall–Kier alpha value is -1.36. The fraction of sp³-hybridized carbons (Fsp3) is 0.636. The first kappa shape index (κ1) is 11.1. The second kappa shape index (κ2) is 4.65. The van der Waals surface area contributed by atoms with Crippen LogP contribution in [0.3, 0.4) is 0 Å². The van der Waals surface area contributed by atoms with E-state index in [1.165, 1.54) is 0 Å². The van der Waals surface area contributed by atoms with Gasteiger partial charge in [0.2, 0.25) is 5.76 Å². The number of hydrogen-bond acceptors (Lipinski definition) is 4. The van der Waals surface area contributed by atoms with Gasteiger partial charge in [-0.15, -0.1) is 0 Å². The molecule has 0 atom stereocenters. The molecule has 0 spiro atoms. The summed E-state index contributed by atoms with van der Waals surface area (Å²) in [7, 11) is 0. The molecule has 1 aliphatic heterocycles. The van der Waals surface area contributed by atoms with Crippen LogP contribution >= 0.6 is 0 Å². The Morgan fingerprint density at radius 3 is 2.62 bits per heavy atom. The van der Waals surface area contributed by atoms with Crippen LogP contribution in [-0.4, -0.2) is 53.6 Å². The van der Waals surface area contributed by atoms with Crippen LogP contribution in [0.25, 0.3) is 0 Å². The summed E-state index contributed by atoms with van der Waals surface area (Å²) < 4.78 is 4.98. The highest BCUT2D eigenvalue weighted by Crippen LogP contribution is 2.11. The van der Waals surface area contributed by atoms with Crippen LogP contribution < -0.4 is 0 Å². The van der Waals surface area contributed by atoms with Crippen LogP contribution in [0.1, 0.15) is 23.0 Å². The van der Waals surface area contributed by atoms with E-state index in [0.717, 1.165) is 38.3 Å². The van der Waals surface area contributed by atoms with Gasteiger partial charge in [-0.2, -0.15) is 0 Å². The first-order valence-corrected chi connectivity index (χ1v) is 5.65. The van der Waals surface area contributed by atoms with Crippen LogP contribution in [0.2, 0.25) is 0 Å². The SMILES string of the molecule is CCN1CCN(C(=O)c2oncc2C)CC1. The van der Waals surface area contributed by atoms with Crippen molar-refractivity contribution in [3.8, 4) is 0 Å². The highest BCUT2D eigenvalue weighted by Gasteiger charge is 2.24. The molecule has 0 aromatic carbocycles.